The number of rotatable bonds is 4. The summed E-state index contributed by atoms with van der Waals surface area (Å²) in [7, 11) is 0. The molecule has 0 fully saturated rings. The monoisotopic (exact) mass is 680 g/mol. The number of phenols is 2. The minimum Gasteiger partial charge on any atom is -0.507 e. The Hall–Kier alpha value is -6.40. The van der Waals surface area contributed by atoms with Crippen molar-refractivity contribution in [3.8, 4) is 11.5 Å². The average molecular weight is 681 g/mol. The van der Waals surface area contributed by atoms with Gasteiger partial charge in [0.05, 0.1) is 0 Å². The van der Waals surface area contributed by atoms with Gasteiger partial charge in [0.15, 0.2) is 0 Å². The summed E-state index contributed by atoms with van der Waals surface area (Å²) >= 11 is 0. The van der Waals surface area contributed by atoms with Gasteiger partial charge in [-0.1, -0.05) is 121 Å². The van der Waals surface area contributed by atoms with Gasteiger partial charge in [-0.25, -0.2) is 0 Å². The molecule has 1 heterocycles. The molecule has 0 radical (unpaired) electrons. The van der Waals surface area contributed by atoms with Crippen LogP contribution in [-0.4, -0.2) is 35.1 Å². The third-order valence-electron chi connectivity index (χ3n) is 9.29. The summed E-state index contributed by atoms with van der Waals surface area (Å²) in [5.74, 6) is 0.181. The van der Waals surface area contributed by atoms with Crippen molar-refractivity contribution in [1.82, 2.24) is 0 Å². The first-order chi connectivity index (χ1) is 25.4. The highest BCUT2D eigenvalue weighted by molar-refractivity contribution is 5.94. The number of nitrogens with zero attached hydrogens (tertiary/aromatic N) is 4. The SMILES string of the molecule is Cc1cc2c(O)c(c1)C=N[C@H](c1ccccc1)[C@@H](c1ccccc1)N=Cc1cc(C)cc(c1O)C=N[C@H](c1ccccc1)[C@@H](c1ccccc1)N=C2. The molecule has 7 rings (SSSR count). The fourth-order valence-corrected chi connectivity index (χ4v) is 6.71. The Labute approximate surface area is 305 Å². The summed E-state index contributed by atoms with van der Waals surface area (Å²) in [4.78, 5) is 20.6. The van der Waals surface area contributed by atoms with E-state index in [4.69, 9.17) is 20.0 Å². The number of aliphatic imine (C=N–C) groups is 4. The Kier molecular flexibility index (Phi) is 10.3. The van der Waals surface area contributed by atoms with Crippen LogP contribution in [0.15, 0.2) is 166 Å². The van der Waals surface area contributed by atoms with Crippen LogP contribution in [0, 0.1) is 13.8 Å². The number of aromatic hydroxyl groups is 2. The van der Waals surface area contributed by atoms with Crippen LogP contribution in [0.2, 0.25) is 0 Å². The van der Waals surface area contributed by atoms with E-state index in [1.165, 1.54) is 0 Å². The molecule has 6 aromatic rings. The number of fused-ring (bicyclic) bond motifs is 4. The van der Waals surface area contributed by atoms with Crippen molar-refractivity contribution in [2.75, 3.05) is 0 Å². The maximum absolute atomic E-state index is 11.7. The maximum Gasteiger partial charge on any atom is 0.133 e. The Morgan fingerprint density at radius 2 is 0.558 bits per heavy atom. The number of benzene rings is 6. The van der Waals surface area contributed by atoms with Gasteiger partial charge >= 0.3 is 0 Å². The number of hydrogen-bond acceptors (Lipinski definition) is 6. The molecule has 4 atom stereocenters. The normalized spacial score (nSPS) is 18.8. The second-order valence-corrected chi connectivity index (χ2v) is 13.1. The topological polar surface area (TPSA) is 89.9 Å². The summed E-state index contributed by atoms with van der Waals surface area (Å²) < 4.78 is 0. The quantitative estimate of drug-likeness (QED) is 0.194. The lowest BCUT2D eigenvalue weighted by molar-refractivity contribution is 0.472. The molecule has 256 valence electrons. The lowest BCUT2D eigenvalue weighted by atomic mass is 9.93. The van der Waals surface area contributed by atoms with Crippen molar-refractivity contribution in [1.29, 1.82) is 0 Å². The highest BCUT2D eigenvalue weighted by Gasteiger charge is 2.26. The molecule has 6 heteroatoms. The molecule has 2 N–H and O–H groups in total. The van der Waals surface area contributed by atoms with Crippen molar-refractivity contribution >= 4 is 24.9 Å². The molecule has 0 amide bonds. The van der Waals surface area contributed by atoms with Crippen LogP contribution < -0.4 is 0 Å². The van der Waals surface area contributed by atoms with E-state index in [-0.39, 0.29) is 11.5 Å². The van der Waals surface area contributed by atoms with Crippen LogP contribution in [0.1, 0.15) is 79.8 Å². The van der Waals surface area contributed by atoms with E-state index in [1.54, 1.807) is 24.9 Å². The second-order valence-electron chi connectivity index (χ2n) is 13.1. The molecular weight excluding hydrogens is 641 g/mol. The molecule has 1 aliphatic heterocycles. The van der Waals surface area contributed by atoms with Gasteiger partial charge in [-0.2, -0.15) is 0 Å². The first-order valence-corrected chi connectivity index (χ1v) is 17.4. The van der Waals surface area contributed by atoms with Crippen LogP contribution in [-0.2, 0) is 0 Å². The predicted octanol–water partition coefficient (Wildman–Crippen LogP) is 10.1. The minimum atomic E-state index is -0.446. The summed E-state index contributed by atoms with van der Waals surface area (Å²) in [6.45, 7) is 4.00. The molecule has 0 aromatic heterocycles. The van der Waals surface area contributed by atoms with Gasteiger partial charge in [-0.15, -0.1) is 0 Å². The van der Waals surface area contributed by atoms with Crippen LogP contribution in [0.5, 0.6) is 11.5 Å². The number of phenolic OH excluding ortho intramolecular Hbond substituents is 2. The highest BCUT2D eigenvalue weighted by atomic mass is 16.3. The fourth-order valence-electron chi connectivity index (χ4n) is 6.71. The zero-order chi connectivity index (χ0) is 35.9. The van der Waals surface area contributed by atoms with Crippen molar-refractivity contribution in [3.63, 3.8) is 0 Å². The lowest BCUT2D eigenvalue weighted by Gasteiger charge is -2.23. The molecule has 0 aliphatic carbocycles. The van der Waals surface area contributed by atoms with Crippen LogP contribution in [0.25, 0.3) is 0 Å². The summed E-state index contributed by atoms with van der Waals surface area (Å²) in [6, 6.07) is 46.1. The van der Waals surface area contributed by atoms with Crippen LogP contribution in [0.4, 0.5) is 0 Å². The Balaban J connectivity index is 1.47. The Bertz CT molecular complexity index is 1930. The van der Waals surface area contributed by atoms with Crippen molar-refractivity contribution in [2.24, 2.45) is 20.0 Å². The number of aryl methyl sites for hydroxylation is 2. The molecule has 1 aliphatic rings. The predicted molar refractivity (Wildman–Crippen MR) is 213 cm³/mol. The van der Waals surface area contributed by atoms with Gasteiger partial charge in [0.2, 0.25) is 0 Å². The molecule has 6 nitrogen and oxygen atoms in total. The van der Waals surface area contributed by atoms with Crippen molar-refractivity contribution < 1.29 is 10.2 Å². The molecule has 4 bridgehead atoms. The average Bonchev–Trinajstić information content (AvgIpc) is 3.18. The molecule has 0 saturated carbocycles. The number of hydrogen-bond donors (Lipinski definition) is 2. The Morgan fingerprint density at radius 1 is 0.346 bits per heavy atom. The van der Waals surface area contributed by atoms with E-state index in [1.807, 2.05) is 159 Å². The van der Waals surface area contributed by atoms with Gasteiger partial charge in [0, 0.05) is 47.1 Å². The summed E-state index contributed by atoms with van der Waals surface area (Å²) in [5.41, 5.74) is 8.09. The van der Waals surface area contributed by atoms with Gasteiger partial charge in [-0.3, -0.25) is 20.0 Å². The summed E-state index contributed by atoms with van der Waals surface area (Å²) in [5, 5.41) is 23.4. The van der Waals surface area contributed by atoms with Crippen molar-refractivity contribution in [3.05, 3.63) is 201 Å². The molecule has 0 spiro atoms. The van der Waals surface area contributed by atoms with E-state index < -0.39 is 24.2 Å². The lowest BCUT2D eigenvalue weighted by Crippen LogP contribution is -2.10. The second kappa shape index (κ2) is 15.7. The first-order valence-electron chi connectivity index (χ1n) is 17.4. The van der Waals surface area contributed by atoms with E-state index in [0.717, 1.165) is 33.4 Å². The van der Waals surface area contributed by atoms with Gasteiger partial charge < -0.3 is 10.2 Å². The molecule has 52 heavy (non-hydrogen) atoms. The smallest absolute Gasteiger partial charge is 0.133 e. The van der Waals surface area contributed by atoms with E-state index in [2.05, 4.69) is 0 Å². The third kappa shape index (κ3) is 7.67. The molecule has 0 saturated heterocycles. The molecule has 0 unspecified atom stereocenters. The van der Waals surface area contributed by atoms with E-state index in [0.29, 0.717) is 22.3 Å². The largest absolute Gasteiger partial charge is 0.507 e. The fraction of sp³-hybridized carbons (Fsp3) is 0.130. The van der Waals surface area contributed by atoms with E-state index in [9.17, 15) is 10.2 Å². The van der Waals surface area contributed by atoms with Gasteiger partial charge in [0.25, 0.3) is 0 Å². The van der Waals surface area contributed by atoms with Crippen molar-refractivity contribution in [2.45, 2.75) is 38.0 Å². The highest BCUT2D eigenvalue weighted by Crippen LogP contribution is 2.38. The standard InChI is InChI=1S/C46H40N4O2/c1-31-23-37-27-47-41(33-15-7-3-8-16-33)43(35-19-11-5-12-20-35)49-29-39-25-32(2)26-40(46(39)52)30-50-44(36-21-13-6-14-22-36)42(34-17-9-4-10-18-34)48-28-38(24-31)45(37)51/h3-30,41-44,51-52H,1-2H3/t41-,42-,43-,44-/m1/s1. The van der Waals surface area contributed by atoms with Gasteiger partial charge in [0.1, 0.15) is 35.7 Å². The van der Waals surface area contributed by atoms with Crippen LogP contribution in [0.3, 0.4) is 0 Å². The molecule has 6 aromatic carbocycles. The zero-order valence-electron chi connectivity index (χ0n) is 29.2. The van der Waals surface area contributed by atoms with Gasteiger partial charge in [-0.05, 0) is 71.5 Å². The Morgan fingerprint density at radius 3 is 0.769 bits per heavy atom. The van der Waals surface area contributed by atoms with E-state index >= 15 is 0 Å². The minimum absolute atomic E-state index is 0.0905. The summed E-state index contributed by atoms with van der Waals surface area (Å²) in [6.07, 6.45) is 6.94. The van der Waals surface area contributed by atoms with Crippen LogP contribution >= 0.6 is 0 Å². The first kappa shape index (κ1) is 34.1. The maximum atomic E-state index is 11.7. The molecular formula is C46H40N4O2. The third-order valence-corrected chi connectivity index (χ3v) is 9.29. The zero-order valence-corrected chi connectivity index (χ0v) is 29.2.